The fraction of sp³-hybridized carbons (Fsp3) is 0.120. The number of pyridine rings is 1. The van der Waals surface area contributed by atoms with Gasteiger partial charge < -0.3 is 5.11 Å². The minimum absolute atomic E-state index is 0.0704. The van der Waals surface area contributed by atoms with Crippen molar-refractivity contribution in [1.29, 1.82) is 0 Å². The summed E-state index contributed by atoms with van der Waals surface area (Å²) in [5.41, 5.74) is 4.18. The number of aromatic carboxylic acids is 1. The molecule has 0 aliphatic heterocycles. The molecule has 3 aromatic carbocycles. The maximum atomic E-state index is 14.3. The lowest BCUT2D eigenvalue weighted by Gasteiger charge is -2.15. The molecule has 0 unspecified atom stereocenters. The molecule has 0 saturated carbocycles. The van der Waals surface area contributed by atoms with Gasteiger partial charge in [-0.1, -0.05) is 18.2 Å². The third-order valence-electron chi connectivity index (χ3n) is 5.74. The van der Waals surface area contributed by atoms with E-state index in [0.717, 1.165) is 17.2 Å². The summed E-state index contributed by atoms with van der Waals surface area (Å²) >= 11 is 0. The number of carbonyl (C=O) groups is 1. The molecule has 0 amide bonds. The van der Waals surface area contributed by atoms with E-state index in [2.05, 4.69) is 4.98 Å². The SMILES string of the molecule is O=C(O)c1c2c(nc3ccc(F)cc13)-c1ccc(-c3ccc(F)cc3F)cc1CCC2. The van der Waals surface area contributed by atoms with Crippen molar-refractivity contribution >= 4 is 16.9 Å². The average molecular weight is 419 g/mol. The molecule has 1 aromatic heterocycles. The van der Waals surface area contributed by atoms with Gasteiger partial charge in [-0.15, -0.1) is 0 Å². The molecule has 4 aromatic rings. The number of hydrogen-bond acceptors (Lipinski definition) is 2. The molecular weight excluding hydrogens is 403 g/mol. The van der Waals surface area contributed by atoms with Crippen molar-refractivity contribution in [2.45, 2.75) is 19.3 Å². The first-order valence-electron chi connectivity index (χ1n) is 9.86. The Hall–Kier alpha value is -3.67. The van der Waals surface area contributed by atoms with E-state index < -0.39 is 23.4 Å². The molecule has 0 atom stereocenters. The van der Waals surface area contributed by atoms with Gasteiger partial charge in [-0.2, -0.15) is 0 Å². The first-order chi connectivity index (χ1) is 14.9. The fourth-order valence-corrected chi connectivity index (χ4v) is 4.36. The number of rotatable bonds is 2. The Labute approximate surface area is 175 Å². The Morgan fingerprint density at radius 2 is 1.61 bits per heavy atom. The first kappa shape index (κ1) is 19.3. The number of hydrogen-bond donors (Lipinski definition) is 1. The lowest BCUT2D eigenvalue weighted by atomic mass is 9.93. The summed E-state index contributed by atoms with van der Waals surface area (Å²) in [5, 5.41) is 10.2. The Balaban J connectivity index is 1.74. The highest BCUT2D eigenvalue weighted by Gasteiger charge is 2.25. The number of halogens is 3. The van der Waals surface area contributed by atoms with E-state index >= 15 is 0 Å². The molecule has 1 aliphatic carbocycles. The largest absolute Gasteiger partial charge is 0.478 e. The number of fused-ring (bicyclic) bond motifs is 4. The van der Waals surface area contributed by atoms with Crippen LogP contribution in [0.25, 0.3) is 33.3 Å². The van der Waals surface area contributed by atoms with Crippen molar-refractivity contribution in [3.63, 3.8) is 0 Å². The Morgan fingerprint density at radius 1 is 0.871 bits per heavy atom. The van der Waals surface area contributed by atoms with Gasteiger partial charge in [0.25, 0.3) is 0 Å². The van der Waals surface area contributed by atoms with Crippen LogP contribution in [0.5, 0.6) is 0 Å². The first-order valence-corrected chi connectivity index (χ1v) is 9.86. The molecule has 1 heterocycles. The molecular formula is C25H16F3NO2. The topological polar surface area (TPSA) is 50.2 Å². The third-order valence-corrected chi connectivity index (χ3v) is 5.74. The Morgan fingerprint density at radius 3 is 2.39 bits per heavy atom. The maximum Gasteiger partial charge on any atom is 0.336 e. The van der Waals surface area contributed by atoms with Crippen molar-refractivity contribution in [1.82, 2.24) is 4.98 Å². The van der Waals surface area contributed by atoms with Crippen molar-refractivity contribution in [2.24, 2.45) is 0 Å². The summed E-state index contributed by atoms with van der Waals surface area (Å²) in [6.07, 6.45) is 1.79. The van der Waals surface area contributed by atoms with Gasteiger partial charge in [0.2, 0.25) is 0 Å². The molecule has 1 N–H and O–H groups in total. The lowest BCUT2D eigenvalue weighted by Crippen LogP contribution is -2.07. The van der Waals surface area contributed by atoms with E-state index in [4.69, 9.17) is 0 Å². The van der Waals surface area contributed by atoms with Crippen molar-refractivity contribution in [2.75, 3.05) is 0 Å². The van der Waals surface area contributed by atoms with Gasteiger partial charge in [0.1, 0.15) is 17.5 Å². The smallest absolute Gasteiger partial charge is 0.336 e. The zero-order valence-electron chi connectivity index (χ0n) is 16.3. The zero-order chi connectivity index (χ0) is 21.7. The number of nitrogens with zero attached hydrogens (tertiary/aromatic N) is 1. The average Bonchev–Trinajstić information content (AvgIpc) is 2.90. The van der Waals surface area contributed by atoms with Gasteiger partial charge in [-0.05, 0) is 66.3 Å². The molecule has 5 rings (SSSR count). The standard InChI is InChI=1S/C25H16F3NO2/c26-15-6-9-22-20(11-15)23(25(30)31)19-3-1-2-13-10-14(4-7-18(13)24(19)29-22)17-8-5-16(27)12-21(17)28/h4-12H,1-3H2,(H,30,31). The molecule has 154 valence electrons. The van der Waals surface area contributed by atoms with Gasteiger partial charge in [-0.25, -0.2) is 22.9 Å². The highest BCUT2D eigenvalue weighted by Crippen LogP contribution is 2.38. The van der Waals surface area contributed by atoms with Crippen LogP contribution in [-0.4, -0.2) is 16.1 Å². The quantitative estimate of drug-likeness (QED) is 0.423. The van der Waals surface area contributed by atoms with Gasteiger partial charge in [0.05, 0.1) is 16.8 Å². The molecule has 3 nitrogen and oxygen atoms in total. The van der Waals surface area contributed by atoms with Crippen LogP contribution < -0.4 is 0 Å². The zero-order valence-corrected chi connectivity index (χ0v) is 16.3. The van der Waals surface area contributed by atoms with Crippen LogP contribution in [0, 0.1) is 17.5 Å². The van der Waals surface area contributed by atoms with Gasteiger partial charge in [-0.3, -0.25) is 0 Å². The summed E-state index contributed by atoms with van der Waals surface area (Å²) in [6, 6.07) is 12.8. The molecule has 0 saturated heterocycles. The minimum atomic E-state index is -1.12. The van der Waals surface area contributed by atoms with Crippen LogP contribution >= 0.6 is 0 Å². The molecule has 0 radical (unpaired) electrons. The van der Waals surface area contributed by atoms with Crippen LogP contribution in [0.15, 0.2) is 54.6 Å². The maximum absolute atomic E-state index is 14.3. The third kappa shape index (κ3) is 3.24. The highest BCUT2D eigenvalue weighted by atomic mass is 19.1. The molecule has 0 bridgehead atoms. The van der Waals surface area contributed by atoms with Crippen LogP contribution in [-0.2, 0) is 12.8 Å². The normalized spacial score (nSPS) is 12.9. The second kappa shape index (κ2) is 7.23. The number of benzene rings is 3. The number of carboxylic acid groups (broad SMARTS) is 1. The van der Waals surface area contributed by atoms with Gasteiger partial charge >= 0.3 is 5.97 Å². The summed E-state index contributed by atoms with van der Waals surface area (Å²) in [6.45, 7) is 0. The fourth-order valence-electron chi connectivity index (χ4n) is 4.36. The van der Waals surface area contributed by atoms with E-state index in [1.54, 1.807) is 12.1 Å². The summed E-state index contributed by atoms with van der Waals surface area (Å²) in [4.78, 5) is 16.8. The lowest BCUT2D eigenvalue weighted by molar-refractivity contribution is 0.0698. The highest BCUT2D eigenvalue weighted by molar-refractivity contribution is 6.06. The van der Waals surface area contributed by atoms with Crippen LogP contribution in [0.4, 0.5) is 13.2 Å². The van der Waals surface area contributed by atoms with Crippen LogP contribution in [0.3, 0.4) is 0 Å². The van der Waals surface area contributed by atoms with Crippen LogP contribution in [0.2, 0.25) is 0 Å². The van der Waals surface area contributed by atoms with Crippen LogP contribution in [0.1, 0.15) is 27.9 Å². The number of aryl methyl sites for hydroxylation is 1. The van der Waals surface area contributed by atoms with Gasteiger partial charge in [0.15, 0.2) is 0 Å². The van der Waals surface area contributed by atoms with E-state index in [9.17, 15) is 23.1 Å². The monoisotopic (exact) mass is 419 g/mol. The number of aromatic nitrogens is 1. The summed E-state index contributed by atoms with van der Waals surface area (Å²) in [5.74, 6) is -2.92. The van der Waals surface area contributed by atoms with E-state index in [0.29, 0.717) is 47.2 Å². The predicted molar refractivity (Wildman–Crippen MR) is 111 cm³/mol. The van der Waals surface area contributed by atoms with Crippen molar-refractivity contribution < 1.29 is 23.1 Å². The molecule has 1 aliphatic rings. The molecule has 0 spiro atoms. The predicted octanol–water partition coefficient (Wildman–Crippen LogP) is 6.17. The van der Waals surface area contributed by atoms with E-state index in [-0.39, 0.29) is 10.9 Å². The molecule has 6 heteroatoms. The van der Waals surface area contributed by atoms with Crippen molar-refractivity contribution in [3.05, 3.63) is 88.7 Å². The number of carboxylic acids is 1. The second-order valence-corrected chi connectivity index (χ2v) is 7.63. The summed E-state index contributed by atoms with van der Waals surface area (Å²) < 4.78 is 41.4. The Bertz CT molecular complexity index is 1380. The molecule has 0 fully saturated rings. The van der Waals surface area contributed by atoms with Crippen molar-refractivity contribution in [3.8, 4) is 22.4 Å². The van der Waals surface area contributed by atoms with E-state index in [1.165, 1.54) is 30.3 Å². The second-order valence-electron chi connectivity index (χ2n) is 7.63. The Kier molecular flexibility index (Phi) is 4.50. The summed E-state index contributed by atoms with van der Waals surface area (Å²) in [7, 11) is 0. The van der Waals surface area contributed by atoms with Gasteiger partial charge in [0, 0.05) is 22.6 Å². The van der Waals surface area contributed by atoms with E-state index in [1.807, 2.05) is 6.07 Å². The molecule has 31 heavy (non-hydrogen) atoms. The minimum Gasteiger partial charge on any atom is -0.478 e.